The molecule has 1 unspecified atom stereocenters. The summed E-state index contributed by atoms with van der Waals surface area (Å²) < 4.78 is 1.97. The third-order valence-electron chi connectivity index (χ3n) is 3.89. The summed E-state index contributed by atoms with van der Waals surface area (Å²) in [5, 5.41) is 5.95. The van der Waals surface area contributed by atoms with Crippen LogP contribution in [0.3, 0.4) is 0 Å². The lowest BCUT2D eigenvalue weighted by atomic mass is 9.92. The lowest BCUT2D eigenvalue weighted by molar-refractivity contribution is 0.536. The Morgan fingerprint density at radius 1 is 1.38 bits per heavy atom. The first-order valence-electron chi connectivity index (χ1n) is 5.83. The standard InChI is InChI=1S/C13H17N3/c1-9(14)13(7-8-13)12-10-5-3-4-6-11(10)16(2)15-12/h3-6,9H,7-8,14H2,1-2H3. The second-order valence-corrected chi connectivity index (χ2v) is 4.93. The summed E-state index contributed by atoms with van der Waals surface area (Å²) in [5.41, 5.74) is 8.65. The van der Waals surface area contributed by atoms with Crippen molar-refractivity contribution in [2.75, 3.05) is 0 Å². The van der Waals surface area contributed by atoms with Gasteiger partial charge in [-0.2, -0.15) is 5.10 Å². The molecule has 1 aliphatic carbocycles. The molecule has 0 saturated heterocycles. The molecule has 0 spiro atoms. The van der Waals surface area contributed by atoms with Crippen molar-refractivity contribution >= 4 is 10.9 Å². The number of hydrogen-bond acceptors (Lipinski definition) is 2. The van der Waals surface area contributed by atoms with Crippen molar-refractivity contribution in [1.29, 1.82) is 0 Å². The van der Waals surface area contributed by atoms with Crippen molar-refractivity contribution in [3.05, 3.63) is 30.0 Å². The Kier molecular flexibility index (Phi) is 1.89. The Hall–Kier alpha value is -1.35. The van der Waals surface area contributed by atoms with Crippen LogP contribution in [-0.4, -0.2) is 15.8 Å². The smallest absolute Gasteiger partial charge is 0.0780 e. The fourth-order valence-corrected chi connectivity index (χ4v) is 2.62. The molecule has 84 valence electrons. The number of fused-ring (bicyclic) bond motifs is 1. The summed E-state index contributed by atoms with van der Waals surface area (Å²) >= 11 is 0. The Morgan fingerprint density at radius 3 is 2.69 bits per heavy atom. The van der Waals surface area contributed by atoms with Gasteiger partial charge in [0.25, 0.3) is 0 Å². The molecule has 3 nitrogen and oxygen atoms in total. The van der Waals surface area contributed by atoms with Crippen molar-refractivity contribution in [3.63, 3.8) is 0 Å². The molecule has 1 fully saturated rings. The number of para-hydroxylation sites is 1. The number of nitrogens with zero attached hydrogens (tertiary/aromatic N) is 2. The van der Waals surface area contributed by atoms with E-state index in [1.165, 1.54) is 29.4 Å². The average molecular weight is 215 g/mol. The summed E-state index contributed by atoms with van der Waals surface area (Å²) in [7, 11) is 2.00. The SMILES string of the molecule is CC(N)C1(c2nn(C)c3ccccc23)CC1. The largest absolute Gasteiger partial charge is 0.327 e. The fourth-order valence-electron chi connectivity index (χ4n) is 2.62. The van der Waals surface area contributed by atoms with Gasteiger partial charge < -0.3 is 5.73 Å². The minimum atomic E-state index is 0.140. The van der Waals surface area contributed by atoms with Crippen LogP contribution in [0.2, 0.25) is 0 Å². The third kappa shape index (κ3) is 1.15. The first-order chi connectivity index (χ1) is 7.65. The van der Waals surface area contributed by atoms with Gasteiger partial charge in [0.05, 0.1) is 11.2 Å². The van der Waals surface area contributed by atoms with E-state index in [-0.39, 0.29) is 11.5 Å². The normalized spacial score (nSPS) is 19.9. The molecule has 1 saturated carbocycles. The lowest BCUT2D eigenvalue weighted by Gasteiger charge is -2.17. The van der Waals surface area contributed by atoms with Crippen LogP contribution in [0.15, 0.2) is 24.3 Å². The maximum atomic E-state index is 6.12. The molecular formula is C13H17N3. The minimum Gasteiger partial charge on any atom is -0.327 e. The number of benzene rings is 1. The van der Waals surface area contributed by atoms with E-state index in [2.05, 4.69) is 36.3 Å². The van der Waals surface area contributed by atoms with Gasteiger partial charge in [-0.05, 0) is 25.8 Å². The molecule has 1 aromatic carbocycles. The fraction of sp³-hybridized carbons (Fsp3) is 0.462. The van der Waals surface area contributed by atoms with E-state index in [1.807, 2.05) is 11.7 Å². The first-order valence-corrected chi connectivity index (χ1v) is 5.83. The second-order valence-electron chi connectivity index (χ2n) is 4.93. The Balaban J connectivity index is 2.25. The van der Waals surface area contributed by atoms with Crippen LogP contribution in [0.25, 0.3) is 10.9 Å². The third-order valence-corrected chi connectivity index (χ3v) is 3.89. The topological polar surface area (TPSA) is 43.8 Å². The minimum absolute atomic E-state index is 0.140. The molecule has 0 amide bonds. The van der Waals surface area contributed by atoms with E-state index in [0.29, 0.717) is 0 Å². The quantitative estimate of drug-likeness (QED) is 0.832. The van der Waals surface area contributed by atoms with E-state index in [9.17, 15) is 0 Å². The number of aromatic nitrogens is 2. The van der Waals surface area contributed by atoms with Crippen LogP contribution in [0.5, 0.6) is 0 Å². The Bertz CT molecular complexity index is 535. The molecule has 2 N–H and O–H groups in total. The van der Waals surface area contributed by atoms with Crippen molar-refractivity contribution in [2.24, 2.45) is 12.8 Å². The van der Waals surface area contributed by atoms with Crippen LogP contribution < -0.4 is 5.73 Å². The molecule has 1 heterocycles. The number of nitrogens with two attached hydrogens (primary N) is 1. The summed E-state index contributed by atoms with van der Waals surface area (Å²) in [6, 6.07) is 8.58. The molecular weight excluding hydrogens is 198 g/mol. The van der Waals surface area contributed by atoms with Gasteiger partial charge >= 0.3 is 0 Å². The highest BCUT2D eigenvalue weighted by Gasteiger charge is 2.50. The van der Waals surface area contributed by atoms with Gasteiger partial charge in [0.15, 0.2) is 0 Å². The van der Waals surface area contributed by atoms with Crippen molar-refractivity contribution in [3.8, 4) is 0 Å². The van der Waals surface area contributed by atoms with Crippen molar-refractivity contribution in [1.82, 2.24) is 9.78 Å². The molecule has 16 heavy (non-hydrogen) atoms. The molecule has 0 bridgehead atoms. The molecule has 0 aliphatic heterocycles. The predicted molar refractivity (Wildman–Crippen MR) is 65.3 cm³/mol. The molecule has 2 aromatic rings. The maximum Gasteiger partial charge on any atom is 0.0780 e. The van der Waals surface area contributed by atoms with E-state index in [1.54, 1.807) is 0 Å². The van der Waals surface area contributed by atoms with E-state index in [0.717, 1.165) is 0 Å². The van der Waals surface area contributed by atoms with Gasteiger partial charge in [0, 0.05) is 23.9 Å². The van der Waals surface area contributed by atoms with Crippen LogP contribution in [0.4, 0.5) is 0 Å². The van der Waals surface area contributed by atoms with Gasteiger partial charge in [-0.3, -0.25) is 4.68 Å². The van der Waals surface area contributed by atoms with Crippen molar-refractivity contribution < 1.29 is 0 Å². The number of aryl methyl sites for hydroxylation is 1. The Morgan fingerprint density at radius 2 is 2.06 bits per heavy atom. The maximum absolute atomic E-state index is 6.12. The number of hydrogen-bond donors (Lipinski definition) is 1. The van der Waals surface area contributed by atoms with Gasteiger partial charge in [-0.15, -0.1) is 0 Å². The zero-order valence-corrected chi connectivity index (χ0v) is 9.77. The van der Waals surface area contributed by atoms with Crippen LogP contribution in [0.1, 0.15) is 25.5 Å². The molecule has 1 atom stereocenters. The van der Waals surface area contributed by atoms with E-state index < -0.39 is 0 Å². The van der Waals surface area contributed by atoms with E-state index >= 15 is 0 Å². The predicted octanol–water partition coefficient (Wildman–Crippen LogP) is 1.95. The van der Waals surface area contributed by atoms with Crippen LogP contribution >= 0.6 is 0 Å². The van der Waals surface area contributed by atoms with Gasteiger partial charge in [-0.25, -0.2) is 0 Å². The summed E-state index contributed by atoms with van der Waals surface area (Å²) in [4.78, 5) is 0. The van der Waals surface area contributed by atoms with Gasteiger partial charge in [0.2, 0.25) is 0 Å². The van der Waals surface area contributed by atoms with Gasteiger partial charge in [0.1, 0.15) is 0 Å². The second kappa shape index (κ2) is 3.08. The lowest BCUT2D eigenvalue weighted by Crippen LogP contribution is -2.32. The molecule has 3 rings (SSSR count). The highest BCUT2D eigenvalue weighted by atomic mass is 15.3. The summed E-state index contributed by atoms with van der Waals surface area (Å²) in [6.45, 7) is 2.09. The monoisotopic (exact) mass is 215 g/mol. The molecule has 1 aromatic heterocycles. The number of rotatable bonds is 2. The zero-order chi connectivity index (χ0) is 11.3. The summed E-state index contributed by atoms with van der Waals surface area (Å²) in [5.74, 6) is 0. The first kappa shape index (κ1) is 9.85. The van der Waals surface area contributed by atoms with Crippen LogP contribution in [0, 0.1) is 0 Å². The highest BCUT2D eigenvalue weighted by molar-refractivity contribution is 5.83. The van der Waals surface area contributed by atoms with Crippen molar-refractivity contribution in [2.45, 2.75) is 31.2 Å². The zero-order valence-electron chi connectivity index (χ0n) is 9.77. The van der Waals surface area contributed by atoms with E-state index in [4.69, 9.17) is 5.73 Å². The molecule has 3 heteroatoms. The molecule has 1 aliphatic rings. The Labute approximate surface area is 95.2 Å². The van der Waals surface area contributed by atoms with Crippen LogP contribution in [-0.2, 0) is 12.5 Å². The average Bonchev–Trinajstić information content (AvgIpc) is 3.01. The van der Waals surface area contributed by atoms with Gasteiger partial charge in [-0.1, -0.05) is 18.2 Å². The molecule has 0 radical (unpaired) electrons. The highest BCUT2D eigenvalue weighted by Crippen LogP contribution is 2.51. The summed E-state index contributed by atoms with van der Waals surface area (Å²) in [6.07, 6.45) is 2.34.